The molecule has 2 amide bonds. The second kappa shape index (κ2) is 6.85. The molecule has 2 aliphatic rings. The van der Waals surface area contributed by atoms with Crippen molar-refractivity contribution < 1.29 is 29.0 Å². The predicted molar refractivity (Wildman–Crippen MR) is 94.3 cm³/mol. The van der Waals surface area contributed by atoms with Gasteiger partial charge < -0.3 is 14.6 Å². The van der Waals surface area contributed by atoms with E-state index in [1.807, 2.05) is 0 Å². The summed E-state index contributed by atoms with van der Waals surface area (Å²) in [6.45, 7) is 0.922. The fourth-order valence-electron chi connectivity index (χ4n) is 3.29. The Hall–Kier alpha value is -3.19. The standard InChI is InChI=1S/C20H17NO6/c22-18-16-8-7-14(27-13-5-3-12(4-6-13)20(24)25)10-17(16)19(23)21(18)11-15-2-1-9-26-15/h3-8,10,15H,1-2,9,11H2,(H,24,25). The number of benzene rings is 2. The predicted octanol–water partition coefficient (Wildman–Crippen LogP) is 2.95. The summed E-state index contributed by atoms with van der Waals surface area (Å²) in [5, 5.41) is 8.93. The number of aromatic carboxylic acids is 1. The highest BCUT2D eigenvalue weighted by molar-refractivity contribution is 6.21. The molecule has 0 spiro atoms. The van der Waals surface area contributed by atoms with Gasteiger partial charge in [-0.2, -0.15) is 0 Å². The number of amides is 2. The van der Waals surface area contributed by atoms with Crippen LogP contribution in [0.2, 0.25) is 0 Å². The molecule has 1 unspecified atom stereocenters. The van der Waals surface area contributed by atoms with Crippen LogP contribution in [0.25, 0.3) is 0 Å². The summed E-state index contributed by atoms with van der Waals surface area (Å²) in [4.78, 5) is 37.3. The molecule has 2 heterocycles. The summed E-state index contributed by atoms with van der Waals surface area (Å²) in [6.07, 6.45) is 1.68. The summed E-state index contributed by atoms with van der Waals surface area (Å²) < 4.78 is 11.2. The molecular formula is C20H17NO6. The van der Waals surface area contributed by atoms with E-state index in [4.69, 9.17) is 14.6 Å². The van der Waals surface area contributed by atoms with Crippen LogP contribution >= 0.6 is 0 Å². The van der Waals surface area contributed by atoms with Crippen LogP contribution in [0, 0.1) is 0 Å². The third kappa shape index (κ3) is 3.29. The first-order valence-corrected chi connectivity index (χ1v) is 8.66. The van der Waals surface area contributed by atoms with Crippen LogP contribution in [-0.4, -0.2) is 47.0 Å². The molecule has 0 saturated carbocycles. The Balaban J connectivity index is 1.52. The fraction of sp³-hybridized carbons (Fsp3) is 0.250. The molecule has 2 aromatic carbocycles. The van der Waals surface area contributed by atoms with Crippen LogP contribution in [0.5, 0.6) is 11.5 Å². The molecule has 27 heavy (non-hydrogen) atoms. The second-order valence-electron chi connectivity index (χ2n) is 6.49. The Morgan fingerprint density at radius 2 is 1.78 bits per heavy atom. The van der Waals surface area contributed by atoms with Crippen molar-refractivity contribution in [1.29, 1.82) is 0 Å². The number of carbonyl (C=O) groups is 3. The topological polar surface area (TPSA) is 93.1 Å². The fourth-order valence-corrected chi connectivity index (χ4v) is 3.29. The maximum absolute atomic E-state index is 12.6. The lowest BCUT2D eigenvalue weighted by Gasteiger charge is -2.17. The quantitative estimate of drug-likeness (QED) is 0.817. The van der Waals surface area contributed by atoms with Gasteiger partial charge in [0.25, 0.3) is 11.8 Å². The zero-order valence-electron chi connectivity index (χ0n) is 14.4. The minimum absolute atomic E-state index is 0.101. The lowest BCUT2D eigenvalue weighted by molar-refractivity contribution is 0.0475. The molecule has 138 valence electrons. The maximum atomic E-state index is 12.6. The third-order valence-electron chi connectivity index (χ3n) is 4.69. The van der Waals surface area contributed by atoms with E-state index in [0.29, 0.717) is 29.2 Å². The summed E-state index contributed by atoms with van der Waals surface area (Å²) in [7, 11) is 0. The van der Waals surface area contributed by atoms with Gasteiger partial charge in [0.1, 0.15) is 11.5 Å². The van der Waals surface area contributed by atoms with Gasteiger partial charge in [-0.1, -0.05) is 0 Å². The molecule has 4 rings (SSSR count). The molecule has 7 nitrogen and oxygen atoms in total. The number of carboxylic acid groups (broad SMARTS) is 1. The van der Waals surface area contributed by atoms with Gasteiger partial charge in [-0.05, 0) is 55.3 Å². The number of fused-ring (bicyclic) bond motifs is 1. The highest BCUT2D eigenvalue weighted by Gasteiger charge is 2.37. The number of hydrogen-bond donors (Lipinski definition) is 1. The van der Waals surface area contributed by atoms with Crippen molar-refractivity contribution in [2.75, 3.05) is 13.2 Å². The zero-order chi connectivity index (χ0) is 19.0. The van der Waals surface area contributed by atoms with Crippen molar-refractivity contribution in [3.63, 3.8) is 0 Å². The Labute approximate surface area is 155 Å². The Bertz CT molecular complexity index is 915. The third-order valence-corrected chi connectivity index (χ3v) is 4.69. The molecule has 0 aliphatic carbocycles. The molecule has 2 aromatic rings. The Morgan fingerprint density at radius 1 is 1.07 bits per heavy atom. The van der Waals surface area contributed by atoms with Crippen LogP contribution in [0.15, 0.2) is 42.5 Å². The molecule has 0 bridgehead atoms. The van der Waals surface area contributed by atoms with Gasteiger partial charge in [0.05, 0.1) is 29.3 Å². The number of carboxylic acids is 1. The number of nitrogens with zero attached hydrogens (tertiary/aromatic N) is 1. The van der Waals surface area contributed by atoms with Crippen molar-refractivity contribution in [2.45, 2.75) is 18.9 Å². The summed E-state index contributed by atoms with van der Waals surface area (Å²) in [5.74, 6) is -0.848. The Kier molecular flexibility index (Phi) is 4.37. The van der Waals surface area contributed by atoms with Crippen LogP contribution < -0.4 is 4.74 Å². The van der Waals surface area contributed by atoms with E-state index in [9.17, 15) is 14.4 Å². The van der Waals surface area contributed by atoms with Gasteiger partial charge in [0.2, 0.25) is 0 Å². The van der Waals surface area contributed by atoms with E-state index in [2.05, 4.69) is 0 Å². The summed E-state index contributed by atoms with van der Waals surface area (Å²) >= 11 is 0. The number of imide groups is 1. The molecule has 1 saturated heterocycles. The van der Waals surface area contributed by atoms with Gasteiger partial charge in [-0.15, -0.1) is 0 Å². The van der Waals surface area contributed by atoms with E-state index in [1.165, 1.54) is 35.2 Å². The monoisotopic (exact) mass is 367 g/mol. The van der Waals surface area contributed by atoms with Crippen molar-refractivity contribution in [1.82, 2.24) is 4.90 Å². The molecule has 2 aliphatic heterocycles. The van der Waals surface area contributed by atoms with Gasteiger partial charge in [-0.3, -0.25) is 14.5 Å². The average molecular weight is 367 g/mol. The van der Waals surface area contributed by atoms with E-state index in [-0.39, 0.29) is 30.0 Å². The molecular weight excluding hydrogens is 350 g/mol. The minimum Gasteiger partial charge on any atom is -0.478 e. The van der Waals surface area contributed by atoms with Gasteiger partial charge in [0.15, 0.2) is 0 Å². The SMILES string of the molecule is O=C(O)c1ccc(Oc2ccc3c(c2)C(=O)N(CC2CCCO2)C3=O)cc1. The second-order valence-corrected chi connectivity index (χ2v) is 6.49. The molecule has 1 fully saturated rings. The normalized spacial score (nSPS) is 18.7. The van der Waals surface area contributed by atoms with Crippen LogP contribution in [0.4, 0.5) is 0 Å². The van der Waals surface area contributed by atoms with E-state index < -0.39 is 5.97 Å². The molecule has 0 radical (unpaired) electrons. The summed E-state index contributed by atoms with van der Waals surface area (Å²) in [6, 6.07) is 10.7. The number of rotatable bonds is 5. The lowest BCUT2D eigenvalue weighted by Crippen LogP contribution is -2.36. The van der Waals surface area contributed by atoms with Gasteiger partial charge in [0, 0.05) is 6.61 Å². The van der Waals surface area contributed by atoms with Gasteiger partial charge in [-0.25, -0.2) is 4.79 Å². The van der Waals surface area contributed by atoms with E-state index >= 15 is 0 Å². The maximum Gasteiger partial charge on any atom is 0.335 e. The molecule has 0 aromatic heterocycles. The lowest BCUT2D eigenvalue weighted by atomic mass is 10.1. The van der Waals surface area contributed by atoms with Crippen molar-refractivity contribution in [3.05, 3.63) is 59.2 Å². The highest BCUT2D eigenvalue weighted by Crippen LogP contribution is 2.30. The minimum atomic E-state index is -1.02. The van der Waals surface area contributed by atoms with Crippen LogP contribution in [0.3, 0.4) is 0 Å². The van der Waals surface area contributed by atoms with Crippen LogP contribution in [0.1, 0.15) is 43.9 Å². The highest BCUT2D eigenvalue weighted by atomic mass is 16.5. The van der Waals surface area contributed by atoms with E-state index in [0.717, 1.165) is 12.8 Å². The van der Waals surface area contributed by atoms with Gasteiger partial charge >= 0.3 is 5.97 Å². The number of carbonyl (C=O) groups excluding carboxylic acids is 2. The van der Waals surface area contributed by atoms with E-state index in [1.54, 1.807) is 12.1 Å². The number of hydrogen-bond acceptors (Lipinski definition) is 5. The van der Waals surface area contributed by atoms with Crippen molar-refractivity contribution in [2.24, 2.45) is 0 Å². The first kappa shape index (κ1) is 17.2. The van der Waals surface area contributed by atoms with Crippen LogP contribution in [-0.2, 0) is 4.74 Å². The summed E-state index contributed by atoms with van der Waals surface area (Å²) in [5.41, 5.74) is 0.811. The molecule has 1 N–H and O–H groups in total. The Morgan fingerprint density at radius 3 is 2.44 bits per heavy atom. The first-order chi connectivity index (χ1) is 13.0. The molecule has 1 atom stereocenters. The molecule has 7 heteroatoms. The zero-order valence-corrected chi connectivity index (χ0v) is 14.4. The first-order valence-electron chi connectivity index (χ1n) is 8.66. The number of ether oxygens (including phenoxy) is 2. The van der Waals surface area contributed by atoms with Crippen molar-refractivity contribution >= 4 is 17.8 Å². The smallest absolute Gasteiger partial charge is 0.335 e. The average Bonchev–Trinajstić information content (AvgIpc) is 3.25. The van der Waals surface area contributed by atoms with Crippen molar-refractivity contribution in [3.8, 4) is 11.5 Å². The largest absolute Gasteiger partial charge is 0.478 e.